The van der Waals surface area contributed by atoms with Gasteiger partial charge in [-0.1, -0.05) is 11.6 Å². The first-order valence-corrected chi connectivity index (χ1v) is 5.23. The summed E-state index contributed by atoms with van der Waals surface area (Å²) in [5, 5.41) is 0.696. The van der Waals surface area contributed by atoms with E-state index in [1.54, 1.807) is 19.2 Å². The molecule has 0 radical (unpaired) electrons. The maximum absolute atomic E-state index is 5.78. The molecule has 2 aromatic rings. The third kappa shape index (κ3) is 2.67. The van der Waals surface area contributed by atoms with Crippen molar-refractivity contribution in [3.05, 3.63) is 53.6 Å². The highest BCUT2D eigenvalue weighted by molar-refractivity contribution is 6.30. The van der Waals surface area contributed by atoms with E-state index in [4.69, 9.17) is 21.1 Å². The molecule has 2 rings (SSSR count). The fourth-order valence-corrected chi connectivity index (χ4v) is 1.41. The van der Waals surface area contributed by atoms with E-state index in [0.717, 1.165) is 17.2 Å². The van der Waals surface area contributed by atoms with E-state index in [0.29, 0.717) is 5.02 Å². The summed E-state index contributed by atoms with van der Waals surface area (Å²) < 4.78 is 10.7. The van der Waals surface area contributed by atoms with Gasteiger partial charge in [-0.15, -0.1) is 0 Å². The van der Waals surface area contributed by atoms with E-state index in [2.05, 4.69) is 0 Å². The van der Waals surface area contributed by atoms with Crippen LogP contribution in [0.2, 0.25) is 5.02 Å². The summed E-state index contributed by atoms with van der Waals surface area (Å²) in [6.45, 7) is 0. The second-order valence-corrected chi connectivity index (χ2v) is 3.67. The van der Waals surface area contributed by atoms with Crippen molar-refractivity contribution in [2.75, 3.05) is 7.11 Å². The Morgan fingerprint density at radius 2 is 1.19 bits per heavy atom. The molecule has 2 aromatic carbocycles. The van der Waals surface area contributed by atoms with E-state index in [1.165, 1.54) is 0 Å². The van der Waals surface area contributed by atoms with Gasteiger partial charge in [0.25, 0.3) is 0 Å². The molecule has 2 nitrogen and oxygen atoms in total. The fraction of sp³-hybridized carbons (Fsp3) is 0.0769. The number of halogens is 1. The van der Waals surface area contributed by atoms with Gasteiger partial charge in [0.1, 0.15) is 17.2 Å². The van der Waals surface area contributed by atoms with Crippen LogP contribution in [0.3, 0.4) is 0 Å². The van der Waals surface area contributed by atoms with Gasteiger partial charge >= 0.3 is 0 Å². The standard InChI is InChI=1S/C13H11ClO2/c1-15-11-6-8-13(9-7-11)16-12-4-2-10(14)3-5-12/h2-9H,1H3. The maximum Gasteiger partial charge on any atom is 0.127 e. The third-order valence-electron chi connectivity index (χ3n) is 2.11. The molecule has 0 N–H and O–H groups in total. The number of ether oxygens (including phenoxy) is 2. The zero-order chi connectivity index (χ0) is 11.4. The van der Waals surface area contributed by atoms with Crippen molar-refractivity contribution in [1.82, 2.24) is 0 Å². The first kappa shape index (κ1) is 10.8. The quantitative estimate of drug-likeness (QED) is 0.795. The normalized spacial score (nSPS) is 9.88. The van der Waals surface area contributed by atoms with Crippen LogP contribution in [0.5, 0.6) is 17.2 Å². The van der Waals surface area contributed by atoms with Crippen molar-refractivity contribution in [1.29, 1.82) is 0 Å². The lowest BCUT2D eigenvalue weighted by Crippen LogP contribution is -1.85. The molecule has 0 aromatic heterocycles. The van der Waals surface area contributed by atoms with Crippen molar-refractivity contribution in [2.45, 2.75) is 0 Å². The Hall–Kier alpha value is -1.67. The summed E-state index contributed by atoms with van der Waals surface area (Å²) in [5.74, 6) is 2.33. The van der Waals surface area contributed by atoms with Crippen molar-refractivity contribution in [3.8, 4) is 17.2 Å². The van der Waals surface area contributed by atoms with Crippen LogP contribution >= 0.6 is 11.6 Å². The van der Waals surface area contributed by atoms with Crippen LogP contribution in [0.1, 0.15) is 0 Å². The van der Waals surface area contributed by atoms with Crippen LogP contribution in [0.25, 0.3) is 0 Å². The monoisotopic (exact) mass is 234 g/mol. The largest absolute Gasteiger partial charge is 0.497 e. The summed E-state index contributed by atoms with van der Waals surface area (Å²) >= 11 is 5.78. The van der Waals surface area contributed by atoms with Crippen molar-refractivity contribution >= 4 is 11.6 Å². The Bertz CT molecular complexity index is 448. The number of benzene rings is 2. The Kier molecular flexibility index (Phi) is 3.32. The third-order valence-corrected chi connectivity index (χ3v) is 2.36. The lowest BCUT2D eigenvalue weighted by atomic mass is 10.3. The van der Waals surface area contributed by atoms with Gasteiger partial charge in [0, 0.05) is 5.02 Å². The van der Waals surface area contributed by atoms with Gasteiger partial charge in [-0.3, -0.25) is 0 Å². The molecule has 0 heterocycles. The highest BCUT2D eigenvalue weighted by Gasteiger charge is 1.97. The molecule has 0 unspecified atom stereocenters. The van der Waals surface area contributed by atoms with Gasteiger partial charge < -0.3 is 9.47 Å². The molecule has 0 fully saturated rings. The minimum Gasteiger partial charge on any atom is -0.497 e. The lowest BCUT2D eigenvalue weighted by molar-refractivity contribution is 0.413. The van der Waals surface area contributed by atoms with Gasteiger partial charge in [-0.25, -0.2) is 0 Å². The topological polar surface area (TPSA) is 18.5 Å². The number of methoxy groups -OCH3 is 1. The number of hydrogen-bond donors (Lipinski definition) is 0. The second-order valence-electron chi connectivity index (χ2n) is 3.23. The van der Waals surface area contributed by atoms with Gasteiger partial charge in [0.05, 0.1) is 7.11 Å². The van der Waals surface area contributed by atoms with Crippen LogP contribution in [0, 0.1) is 0 Å². The summed E-state index contributed by atoms with van der Waals surface area (Å²) in [6, 6.07) is 14.7. The smallest absolute Gasteiger partial charge is 0.127 e. The molecule has 0 saturated heterocycles. The average molecular weight is 235 g/mol. The van der Waals surface area contributed by atoms with E-state index >= 15 is 0 Å². The zero-order valence-electron chi connectivity index (χ0n) is 8.81. The SMILES string of the molecule is COc1ccc(Oc2ccc(Cl)cc2)cc1. The van der Waals surface area contributed by atoms with E-state index in [1.807, 2.05) is 36.4 Å². The molecular weight excluding hydrogens is 224 g/mol. The summed E-state index contributed by atoms with van der Waals surface area (Å²) in [7, 11) is 1.63. The number of hydrogen-bond acceptors (Lipinski definition) is 2. The molecular formula is C13H11ClO2. The van der Waals surface area contributed by atoms with Gasteiger partial charge in [0.15, 0.2) is 0 Å². The molecule has 0 aliphatic heterocycles. The minimum absolute atomic E-state index is 0.696. The fourth-order valence-electron chi connectivity index (χ4n) is 1.28. The summed E-state index contributed by atoms with van der Waals surface area (Å²) in [5.41, 5.74) is 0. The van der Waals surface area contributed by atoms with Crippen molar-refractivity contribution in [3.63, 3.8) is 0 Å². The van der Waals surface area contributed by atoms with Gasteiger partial charge in [-0.2, -0.15) is 0 Å². The molecule has 82 valence electrons. The predicted octanol–water partition coefficient (Wildman–Crippen LogP) is 4.14. The number of rotatable bonds is 3. The van der Waals surface area contributed by atoms with E-state index in [9.17, 15) is 0 Å². The first-order chi connectivity index (χ1) is 7.78. The van der Waals surface area contributed by atoms with E-state index in [-0.39, 0.29) is 0 Å². The minimum atomic E-state index is 0.696. The van der Waals surface area contributed by atoms with Crippen molar-refractivity contribution in [2.24, 2.45) is 0 Å². The Labute approximate surface area is 99.4 Å². The molecule has 0 atom stereocenters. The molecule has 0 amide bonds. The highest BCUT2D eigenvalue weighted by atomic mass is 35.5. The van der Waals surface area contributed by atoms with E-state index < -0.39 is 0 Å². The van der Waals surface area contributed by atoms with Crippen LogP contribution in [0.15, 0.2) is 48.5 Å². The molecule has 0 saturated carbocycles. The lowest BCUT2D eigenvalue weighted by Gasteiger charge is -2.06. The molecule has 3 heteroatoms. The zero-order valence-corrected chi connectivity index (χ0v) is 9.57. The first-order valence-electron chi connectivity index (χ1n) is 4.85. The van der Waals surface area contributed by atoms with Crippen LogP contribution < -0.4 is 9.47 Å². The highest BCUT2D eigenvalue weighted by Crippen LogP contribution is 2.24. The Morgan fingerprint density at radius 1 is 0.750 bits per heavy atom. The summed E-state index contributed by atoms with van der Waals surface area (Å²) in [4.78, 5) is 0. The maximum atomic E-state index is 5.78. The molecule has 0 aliphatic carbocycles. The van der Waals surface area contributed by atoms with Crippen LogP contribution in [-0.4, -0.2) is 7.11 Å². The van der Waals surface area contributed by atoms with Gasteiger partial charge in [-0.05, 0) is 48.5 Å². The predicted molar refractivity (Wildman–Crippen MR) is 64.5 cm³/mol. The van der Waals surface area contributed by atoms with Crippen molar-refractivity contribution < 1.29 is 9.47 Å². The average Bonchev–Trinajstić information content (AvgIpc) is 2.33. The molecule has 0 aliphatic rings. The Morgan fingerprint density at radius 3 is 1.69 bits per heavy atom. The Balaban J connectivity index is 2.11. The molecule has 16 heavy (non-hydrogen) atoms. The molecule has 0 bridgehead atoms. The van der Waals surface area contributed by atoms with Gasteiger partial charge in [0.2, 0.25) is 0 Å². The molecule has 0 spiro atoms. The van der Waals surface area contributed by atoms with Crippen LogP contribution in [0.4, 0.5) is 0 Å². The van der Waals surface area contributed by atoms with Crippen LogP contribution in [-0.2, 0) is 0 Å². The summed E-state index contributed by atoms with van der Waals surface area (Å²) in [6.07, 6.45) is 0. The second kappa shape index (κ2) is 4.90.